The predicted molar refractivity (Wildman–Crippen MR) is 91.3 cm³/mol. The second kappa shape index (κ2) is 8.97. The lowest BCUT2D eigenvalue weighted by atomic mass is 10.0. The molecule has 1 rings (SSSR count). The van der Waals surface area contributed by atoms with Crippen LogP contribution in [0.1, 0.15) is 30.8 Å². The van der Waals surface area contributed by atoms with Crippen LogP contribution in [0.15, 0.2) is 18.2 Å². The van der Waals surface area contributed by atoms with E-state index in [0.29, 0.717) is 12.5 Å². The molecule has 0 aromatic carbocycles. The van der Waals surface area contributed by atoms with Gasteiger partial charge in [-0.15, -0.1) is 0 Å². The number of carbonyl (C=O) groups is 3. The molecule has 0 saturated carbocycles. The van der Waals surface area contributed by atoms with Gasteiger partial charge in [0.05, 0.1) is 0 Å². The molecule has 0 aliphatic heterocycles. The van der Waals surface area contributed by atoms with Gasteiger partial charge in [0.25, 0.3) is 5.91 Å². The summed E-state index contributed by atoms with van der Waals surface area (Å²) in [5.74, 6) is -1.81. The van der Waals surface area contributed by atoms with Gasteiger partial charge in [-0.25, -0.2) is 4.98 Å². The Morgan fingerprint density at radius 3 is 2.42 bits per heavy atom. The summed E-state index contributed by atoms with van der Waals surface area (Å²) < 4.78 is 0. The van der Waals surface area contributed by atoms with E-state index in [-0.39, 0.29) is 17.6 Å². The topological polar surface area (TPSA) is 117 Å². The highest BCUT2D eigenvalue weighted by Gasteiger charge is 2.20. The Labute approximate surface area is 141 Å². The van der Waals surface area contributed by atoms with Gasteiger partial charge in [0, 0.05) is 12.6 Å². The molecule has 1 heterocycles. The number of likely N-dealkylation sites (N-methyl/N-ethyl adjacent to an activating group) is 1. The van der Waals surface area contributed by atoms with Crippen LogP contribution in [0.3, 0.4) is 0 Å². The lowest BCUT2D eigenvalue weighted by Gasteiger charge is -2.23. The van der Waals surface area contributed by atoms with Gasteiger partial charge in [-0.1, -0.05) is 19.9 Å². The maximum absolute atomic E-state index is 12.1. The molecule has 8 heteroatoms. The number of aromatic nitrogens is 1. The van der Waals surface area contributed by atoms with Gasteiger partial charge in [0.15, 0.2) is 0 Å². The molecule has 24 heavy (non-hydrogen) atoms. The third kappa shape index (κ3) is 6.74. The van der Waals surface area contributed by atoms with Crippen molar-refractivity contribution in [3.63, 3.8) is 0 Å². The molecule has 0 bridgehead atoms. The highest BCUT2D eigenvalue weighted by Crippen LogP contribution is 2.07. The summed E-state index contributed by atoms with van der Waals surface area (Å²) in [5, 5.41) is 5.09. The lowest BCUT2D eigenvalue weighted by molar-refractivity contribution is -0.136. The van der Waals surface area contributed by atoms with Gasteiger partial charge in [-0.2, -0.15) is 0 Å². The summed E-state index contributed by atoms with van der Waals surface area (Å²) in [6.45, 7) is 4.73. The summed E-state index contributed by atoms with van der Waals surface area (Å²) in [7, 11) is 3.80. The molecule has 0 saturated heterocycles. The average molecular weight is 335 g/mol. The number of nitrogens with zero attached hydrogens (tertiary/aromatic N) is 2. The number of nitrogens with two attached hydrogens (primary N) is 1. The fourth-order valence-corrected chi connectivity index (χ4v) is 2.25. The largest absolute Gasteiger partial charge is 0.364 e. The number of hydrogen-bond donors (Lipinski definition) is 3. The van der Waals surface area contributed by atoms with Crippen molar-refractivity contribution >= 4 is 23.5 Å². The van der Waals surface area contributed by atoms with Crippen molar-refractivity contribution in [2.45, 2.75) is 26.3 Å². The second-order valence-corrected chi connectivity index (χ2v) is 6.29. The maximum Gasteiger partial charge on any atom is 0.314 e. The molecule has 0 unspecified atom stereocenters. The van der Waals surface area contributed by atoms with Gasteiger partial charge in [-0.05, 0) is 38.6 Å². The molecular weight excluding hydrogens is 310 g/mol. The van der Waals surface area contributed by atoms with E-state index in [1.807, 2.05) is 32.8 Å². The normalized spacial score (nSPS) is 12.1. The van der Waals surface area contributed by atoms with Gasteiger partial charge < -0.3 is 21.3 Å². The minimum Gasteiger partial charge on any atom is -0.364 e. The van der Waals surface area contributed by atoms with E-state index in [1.165, 1.54) is 18.2 Å². The number of rotatable bonds is 7. The van der Waals surface area contributed by atoms with Crippen molar-refractivity contribution in [3.05, 3.63) is 23.9 Å². The first-order valence-corrected chi connectivity index (χ1v) is 7.72. The number of amides is 3. The van der Waals surface area contributed by atoms with Crippen LogP contribution < -0.4 is 16.4 Å². The molecule has 132 valence electrons. The predicted octanol–water partition coefficient (Wildman–Crippen LogP) is 0.212. The van der Waals surface area contributed by atoms with E-state index in [2.05, 4.69) is 15.6 Å². The number of hydrogen-bond acceptors (Lipinski definition) is 5. The van der Waals surface area contributed by atoms with E-state index in [4.69, 9.17) is 5.73 Å². The molecular formula is C16H25N5O3. The van der Waals surface area contributed by atoms with Crippen LogP contribution in [0, 0.1) is 5.92 Å². The van der Waals surface area contributed by atoms with Crippen LogP contribution >= 0.6 is 0 Å². The van der Waals surface area contributed by atoms with Crippen LogP contribution in [0.25, 0.3) is 0 Å². The average Bonchev–Trinajstić information content (AvgIpc) is 2.45. The summed E-state index contributed by atoms with van der Waals surface area (Å²) in [6.07, 6.45) is 0.757. The van der Waals surface area contributed by atoms with E-state index >= 15 is 0 Å². The smallest absolute Gasteiger partial charge is 0.314 e. The first kappa shape index (κ1) is 19.6. The quantitative estimate of drug-likeness (QED) is 0.616. The van der Waals surface area contributed by atoms with Crippen molar-refractivity contribution in [2.75, 3.05) is 26.0 Å². The standard InChI is InChI=1S/C16H25N5O3/c1-10(2)8-11(9-21(3)4)18-15(23)16(24)20-13-7-5-6-12(19-13)14(17)22/h5-7,10-11H,8-9H2,1-4H3,(H2,17,22)(H,18,23)(H,19,20,24)/t11-/m1/s1. The number of anilines is 1. The van der Waals surface area contributed by atoms with Gasteiger partial charge in [-0.3, -0.25) is 14.4 Å². The van der Waals surface area contributed by atoms with E-state index < -0.39 is 17.7 Å². The Morgan fingerprint density at radius 1 is 1.21 bits per heavy atom. The number of nitrogens with one attached hydrogen (secondary N) is 2. The molecule has 4 N–H and O–H groups in total. The van der Waals surface area contributed by atoms with Crippen molar-refractivity contribution in [1.82, 2.24) is 15.2 Å². The fourth-order valence-electron chi connectivity index (χ4n) is 2.25. The van der Waals surface area contributed by atoms with Gasteiger partial charge in [0.2, 0.25) is 0 Å². The van der Waals surface area contributed by atoms with Crippen LogP contribution in [-0.4, -0.2) is 54.3 Å². The van der Waals surface area contributed by atoms with E-state index in [0.717, 1.165) is 6.42 Å². The zero-order valence-electron chi connectivity index (χ0n) is 14.5. The van der Waals surface area contributed by atoms with Crippen molar-refractivity contribution in [2.24, 2.45) is 11.7 Å². The molecule has 1 aromatic heterocycles. The van der Waals surface area contributed by atoms with E-state index in [9.17, 15) is 14.4 Å². The SMILES string of the molecule is CC(C)C[C@H](CN(C)C)NC(=O)C(=O)Nc1cccc(C(N)=O)n1. The third-order valence-electron chi connectivity index (χ3n) is 3.13. The Balaban J connectivity index is 2.70. The molecule has 0 spiro atoms. The maximum atomic E-state index is 12.1. The number of carbonyl (C=O) groups excluding carboxylic acids is 3. The summed E-state index contributed by atoms with van der Waals surface area (Å²) in [4.78, 5) is 41.0. The minimum absolute atomic E-state index is 0.0125. The summed E-state index contributed by atoms with van der Waals surface area (Å²) >= 11 is 0. The van der Waals surface area contributed by atoms with Gasteiger partial charge in [0.1, 0.15) is 11.5 Å². The molecule has 0 fully saturated rings. The van der Waals surface area contributed by atoms with Crippen LogP contribution in [0.2, 0.25) is 0 Å². The summed E-state index contributed by atoms with van der Waals surface area (Å²) in [6, 6.07) is 4.29. The van der Waals surface area contributed by atoms with Crippen LogP contribution in [0.5, 0.6) is 0 Å². The highest BCUT2D eigenvalue weighted by molar-refractivity contribution is 6.39. The molecule has 0 radical (unpaired) electrons. The summed E-state index contributed by atoms with van der Waals surface area (Å²) in [5.41, 5.74) is 5.15. The minimum atomic E-state index is -0.836. The Bertz CT molecular complexity index is 591. The third-order valence-corrected chi connectivity index (χ3v) is 3.13. The zero-order valence-corrected chi connectivity index (χ0v) is 14.5. The molecule has 1 atom stereocenters. The van der Waals surface area contributed by atoms with Crippen molar-refractivity contribution in [1.29, 1.82) is 0 Å². The first-order chi connectivity index (χ1) is 11.2. The fraction of sp³-hybridized carbons (Fsp3) is 0.500. The zero-order chi connectivity index (χ0) is 18.3. The second-order valence-electron chi connectivity index (χ2n) is 6.29. The van der Waals surface area contributed by atoms with Crippen LogP contribution in [-0.2, 0) is 9.59 Å². The first-order valence-electron chi connectivity index (χ1n) is 7.72. The van der Waals surface area contributed by atoms with Gasteiger partial charge >= 0.3 is 11.8 Å². The lowest BCUT2D eigenvalue weighted by Crippen LogP contribution is -2.46. The molecule has 1 aromatic rings. The Hall–Kier alpha value is -2.48. The molecule has 3 amide bonds. The molecule has 0 aliphatic carbocycles. The highest BCUT2D eigenvalue weighted by atomic mass is 16.2. The Kier molecular flexibility index (Phi) is 7.31. The molecule has 8 nitrogen and oxygen atoms in total. The van der Waals surface area contributed by atoms with E-state index in [1.54, 1.807) is 0 Å². The number of pyridine rings is 1. The number of primary amides is 1. The van der Waals surface area contributed by atoms with Crippen LogP contribution in [0.4, 0.5) is 5.82 Å². The molecule has 0 aliphatic rings. The monoisotopic (exact) mass is 335 g/mol. The van der Waals surface area contributed by atoms with Crippen molar-refractivity contribution < 1.29 is 14.4 Å². The van der Waals surface area contributed by atoms with Crippen molar-refractivity contribution in [3.8, 4) is 0 Å². The Morgan fingerprint density at radius 2 is 1.88 bits per heavy atom.